The summed E-state index contributed by atoms with van der Waals surface area (Å²) in [7, 11) is 0. The Morgan fingerprint density at radius 2 is 1.16 bits per heavy atom. The number of epoxide rings is 2. The highest BCUT2D eigenvalue weighted by Gasteiger charge is 2.47. The van der Waals surface area contributed by atoms with E-state index in [1.165, 1.54) is 23.7 Å². The number of ether oxygens (including phenoxy) is 4. The molecule has 5 fully saturated rings. The summed E-state index contributed by atoms with van der Waals surface area (Å²) in [5.74, 6) is 4.76. The summed E-state index contributed by atoms with van der Waals surface area (Å²) < 4.78 is 19.8. The van der Waals surface area contributed by atoms with Crippen LogP contribution in [0.25, 0.3) is 0 Å². The Kier molecular flexibility index (Phi) is 8.03. The van der Waals surface area contributed by atoms with Gasteiger partial charge < -0.3 is 18.9 Å². The largest absolute Gasteiger partial charge is 0.379 e. The van der Waals surface area contributed by atoms with E-state index in [0.29, 0.717) is 12.2 Å². The van der Waals surface area contributed by atoms with Crippen LogP contribution in [0.15, 0.2) is 0 Å². The van der Waals surface area contributed by atoms with Gasteiger partial charge in [0.05, 0.1) is 26.4 Å². The first kappa shape index (κ1) is 19.6. The molecule has 6 atom stereocenters. The molecule has 2 saturated heterocycles. The fourth-order valence-corrected chi connectivity index (χ4v) is 5.02. The number of fused-ring (bicyclic) bond motifs is 5. The van der Waals surface area contributed by atoms with E-state index < -0.39 is 0 Å². The maximum atomic E-state index is 5.03. The maximum absolute atomic E-state index is 5.03. The van der Waals surface area contributed by atoms with Crippen molar-refractivity contribution >= 4 is 0 Å². The fraction of sp³-hybridized carbons (Fsp3) is 1.00. The second-order valence-corrected chi connectivity index (χ2v) is 8.17. The molecule has 6 unspecified atom stereocenters. The van der Waals surface area contributed by atoms with Crippen molar-refractivity contribution in [1.82, 2.24) is 0 Å². The predicted molar refractivity (Wildman–Crippen MR) is 98.7 cm³/mol. The normalized spacial score (nSPS) is 39.6. The summed E-state index contributed by atoms with van der Waals surface area (Å²) in [4.78, 5) is 0. The van der Waals surface area contributed by atoms with Crippen molar-refractivity contribution < 1.29 is 18.9 Å². The van der Waals surface area contributed by atoms with E-state index in [4.69, 9.17) is 18.9 Å². The van der Waals surface area contributed by atoms with Crippen LogP contribution in [0.5, 0.6) is 0 Å². The smallest absolute Gasteiger partial charge is 0.104 e. The second kappa shape index (κ2) is 10.2. The summed E-state index contributed by atoms with van der Waals surface area (Å²) >= 11 is 0. The van der Waals surface area contributed by atoms with Crippen LogP contribution in [0.3, 0.4) is 0 Å². The lowest BCUT2D eigenvalue weighted by atomic mass is 9.71. The van der Waals surface area contributed by atoms with Gasteiger partial charge in [-0.25, -0.2) is 0 Å². The summed E-state index contributed by atoms with van der Waals surface area (Å²) in [6.07, 6.45) is 11.9. The van der Waals surface area contributed by atoms with E-state index in [1.54, 1.807) is 44.9 Å². The van der Waals surface area contributed by atoms with Crippen molar-refractivity contribution in [1.29, 1.82) is 0 Å². The molecule has 4 nitrogen and oxygen atoms in total. The maximum Gasteiger partial charge on any atom is 0.104 e. The minimum absolute atomic E-state index is 0.431. The van der Waals surface area contributed by atoms with Crippen molar-refractivity contribution in [2.45, 2.75) is 71.0 Å². The fourth-order valence-electron chi connectivity index (χ4n) is 5.02. The van der Waals surface area contributed by atoms with Crippen LogP contribution in [0.2, 0.25) is 0 Å². The molecule has 2 heterocycles. The molecule has 25 heavy (non-hydrogen) atoms. The molecular formula is C21H38O4. The topological polar surface area (TPSA) is 43.5 Å². The van der Waals surface area contributed by atoms with Crippen molar-refractivity contribution in [2.24, 2.45) is 23.7 Å². The van der Waals surface area contributed by atoms with Gasteiger partial charge in [-0.2, -0.15) is 0 Å². The van der Waals surface area contributed by atoms with E-state index in [-0.39, 0.29) is 0 Å². The zero-order valence-corrected chi connectivity index (χ0v) is 16.3. The van der Waals surface area contributed by atoms with Gasteiger partial charge in [0.15, 0.2) is 0 Å². The average Bonchev–Trinajstić information content (AvgIpc) is 3.59. The monoisotopic (exact) mass is 354 g/mol. The summed E-state index contributed by atoms with van der Waals surface area (Å²) in [5.41, 5.74) is 0. The van der Waals surface area contributed by atoms with Gasteiger partial charge in [0.1, 0.15) is 12.2 Å². The Labute approximate surface area is 153 Å². The zero-order chi connectivity index (χ0) is 17.5. The van der Waals surface area contributed by atoms with E-state index in [1.807, 2.05) is 13.8 Å². The third kappa shape index (κ3) is 6.50. The summed E-state index contributed by atoms with van der Waals surface area (Å²) in [6, 6.07) is 0. The first-order valence-electron chi connectivity index (χ1n) is 10.7. The van der Waals surface area contributed by atoms with Gasteiger partial charge in [-0.15, -0.1) is 0 Å². The molecule has 146 valence electrons. The third-order valence-corrected chi connectivity index (χ3v) is 6.42. The molecule has 0 amide bonds. The van der Waals surface area contributed by atoms with Crippen molar-refractivity contribution in [3.8, 4) is 0 Å². The Morgan fingerprint density at radius 3 is 1.52 bits per heavy atom. The molecule has 3 aliphatic carbocycles. The molecule has 0 aromatic heterocycles. The number of hydrogen-bond donors (Lipinski definition) is 0. The Bertz CT molecular complexity index is 333. The average molecular weight is 355 g/mol. The van der Waals surface area contributed by atoms with E-state index >= 15 is 0 Å². The van der Waals surface area contributed by atoms with Crippen LogP contribution >= 0.6 is 0 Å². The van der Waals surface area contributed by atoms with Crippen LogP contribution < -0.4 is 0 Å². The van der Waals surface area contributed by atoms with Crippen LogP contribution in [-0.2, 0) is 18.9 Å². The lowest BCUT2D eigenvalue weighted by molar-refractivity contribution is 0.128. The third-order valence-electron chi connectivity index (χ3n) is 6.42. The van der Waals surface area contributed by atoms with Crippen LogP contribution in [-0.4, -0.2) is 51.8 Å². The van der Waals surface area contributed by atoms with Crippen LogP contribution in [0, 0.1) is 23.7 Å². The Balaban J connectivity index is 0.000000115. The molecule has 2 bridgehead atoms. The standard InChI is InChI=1S/C11H18.2C5H10O2/c1-2-4-11-9-6-5-8(7-9)10(11)3-1;2*1-2-6-3-5-4-7-5/h8-11H,1-7H2;2*5H,2-4H2,1H3. The van der Waals surface area contributed by atoms with Crippen molar-refractivity contribution in [3.05, 3.63) is 0 Å². The van der Waals surface area contributed by atoms with Gasteiger partial charge in [0, 0.05) is 13.2 Å². The van der Waals surface area contributed by atoms with Crippen LogP contribution in [0.1, 0.15) is 58.8 Å². The lowest BCUT2D eigenvalue weighted by Gasteiger charge is -2.34. The molecular weight excluding hydrogens is 316 g/mol. The quantitative estimate of drug-likeness (QED) is 0.675. The number of rotatable bonds is 6. The van der Waals surface area contributed by atoms with Gasteiger partial charge in [0.25, 0.3) is 0 Å². The van der Waals surface area contributed by atoms with Crippen molar-refractivity contribution in [2.75, 3.05) is 39.6 Å². The molecule has 3 saturated carbocycles. The first-order chi connectivity index (χ1) is 12.3. The van der Waals surface area contributed by atoms with Gasteiger partial charge in [-0.3, -0.25) is 0 Å². The number of hydrogen-bond acceptors (Lipinski definition) is 4. The highest BCUT2D eigenvalue weighted by atomic mass is 16.6. The molecule has 0 spiro atoms. The highest BCUT2D eigenvalue weighted by Crippen LogP contribution is 2.57. The SMILES string of the molecule is C1CCC2C3CCC(C3)C2C1.CCOCC1CO1.CCOCC1CO1. The molecule has 0 N–H and O–H groups in total. The van der Waals surface area contributed by atoms with Crippen LogP contribution in [0.4, 0.5) is 0 Å². The summed E-state index contributed by atoms with van der Waals surface area (Å²) in [6.45, 7) is 8.97. The Hall–Kier alpha value is -0.160. The molecule has 0 aromatic rings. The minimum Gasteiger partial charge on any atom is -0.379 e. The molecule has 4 heteroatoms. The van der Waals surface area contributed by atoms with Gasteiger partial charge in [-0.1, -0.05) is 12.8 Å². The minimum atomic E-state index is 0.431. The van der Waals surface area contributed by atoms with Gasteiger partial charge >= 0.3 is 0 Å². The first-order valence-corrected chi connectivity index (χ1v) is 10.7. The lowest BCUT2D eigenvalue weighted by Crippen LogP contribution is -2.25. The predicted octanol–water partition coefficient (Wildman–Crippen LogP) is 4.07. The van der Waals surface area contributed by atoms with Gasteiger partial charge in [-0.05, 0) is 69.6 Å². The zero-order valence-electron chi connectivity index (χ0n) is 16.3. The molecule has 0 radical (unpaired) electrons. The second-order valence-electron chi connectivity index (χ2n) is 8.17. The van der Waals surface area contributed by atoms with E-state index in [9.17, 15) is 0 Å². The Morgan fingerprint density at radius 1 is 0.720 bits per heavy atom. The summed E-state index contributed by atoms with van der Waals surface area (Å²) in [5, 5.41) is 0. The van der Waals surface area contributed by atoms with E-state index in [0.717, 1.165) is 39.6 Å². The molecule has 5 rings (SSSR count). The van der Waals surface area contributed by atoms with Gasteiger partial charge in [0.2, 0.25) is 0 Å². The highest BCUT2D eigenvalue weighted by molar-refractivity contribution is 4.97. The van der Waals surface area contributed by atoms with Crippen molar-refractivity contribution in [3.63, 3.8) is 0 Å². The molecule has 0 aromatic carbocycles. The molecule has 5 aliphatic rings. The molecule has 2 aliphatic heterocycles. The van der Waals surface area contributed by atoms with E-state index in [2.05, 4.69) is 0 Å².